The monoisotopic (exact) mass is 597 g/mol. The molecule has 41 heavy (non-hydrogen) atoms. The van der Waals surface area contributed by atoms with Gasteiger partial charge in [-0.05, 0) is 111 Å². The number of primary amides is 1. The van der Waals surface area contributed by atoms with Crippen LogP contribution in [0.3, 0.4) is 0 Å². The van der Waals surface area contributed by atoms with Crippen LogP contribution in [0.1, 0.15) is 78.6 Å². The third-order valence-corrected chi connectivity index (χ3v) is 12.3. The van der Waals surface area contributed by atoms with Crippen LogP contribution in [0.4, 0.5) is 0 Å². The molecule has 3 N–H and O–H groups in total. The molecule has 3 fully saturated rings. The highest BCUT2D eigenvalue weighted by molar-refractivity contribution is 7.89. The first-order valence-electron chi connectivity index (χ1n) is 15.3. The second-order valence-electron chi connectivity index (χ2n) is 12.1. The predicted octanol–water partition coefficient (Wildman–Crippen LogP) is 4.97. The average molecular weight is 598 g/mol. The first-order valence-corrected chi connectivity index (χ1v) is 17.8. The van der Waals surface area contributed by atoms with E-state index in [1.54, 1.807) is 22.6 Å². The lowest BCUT2D eigenvalue weighted by Gasteiger charge is -2.32. The Labute approximate surface area is 247 Å². The van der Waals surface area contributed by atoms with Crippen LogP contribution in [0.5, 0.6) is 0 Å². The Bertz CT molecular complexity index is 1480. The molecule has 1 atom stereocenters. The molecule has 0 radical (unpaired) electrons. The molecule has 6 rings (SSSR count). The van der Waals surface area contributed by atoms with Gasteiger partial charge in [0.25, 0.3) is 5.91 Å². The summed E-state index contributed by atoms with van der Waals surface area (Å²) in [5.74, 6) is -0.0782. The Hall–Kier alpha value is -2.24. The molecule has 0 aliphatic carbocycles. The van der Waals surface area contributed by atoms with Crippen molar-refractivity contribution in [1.29, 1.82) is 0 Å². The summed E-state index contributed by atoms with van der Waals surface area (Å²) in [5.41, 5.74) is 10.4. The molecule has 3 aliphatic heterocycles. The third-order valence-electron chi connectivity index (χ3n) is 9.50. The van der Waals surface area contributed by atoms with Crippen molar-refractivity contribution in [3.63, 3.8) is 0 Å². The summed E-state index contributed by atoms with van der Waals surface area (Å²) in [7, 11) is -3.17. The Balaban J connectivity index is 1.22. The summed E-state index contributed by atoms with van der Waals surface area (Å²) in [4.78, 5) is 22.5. The lowest BCUT2D eigenvalue weighted by molar-refractivity contribution is 0.100. The van der Waals surface area contributed by atoms with Crippen molar-refractivity contribution in [2.75, 3.05) is 45.0 Å². The minimum absolute atomic E-state index is 0.134. The number of amides is 1. The van der Waals surface area contributed by atoms with Gasteiger partial charge in [-0.3, -0.25) is 9.69 Å². The van der Waals surface area contributed by atoms with Crippen molar-refractivity contribution in [2.24, 2.45) is 5.73 Å². The zero-order valence-corrected chi connectivity index (χ0v) is 25.7. The Morgan fingerprint density at radius 1 is 1.00 bits per heavy atom. The fraction of sp³-hybridized carbons (Fsp3) is 0.581. The molecule has 1 aromatic carbocycles. The highest BCUT2D eigenvalue weighted by Crippen LogP contribution is 2.38. The third kappa shape index (κ3) is 6.13. The van der Waals surface area contributed by atoms with Gasteiger partial charge < -0.3 is 15.6 Å². The number of hydrogen-bond acceptors (Lipinski definition) is 6. The predicted molar refractivity (Wildman–Crippen MR) is 167 cm³/mol. The maximum Gasteiger partial charge on any atom is 0.250 e. The molecule has 1 amide bonds. The summed E-state index contributed by atoms with van der Waals surface area (Å²) in [6.07, 6.45) is 10.1. The van der Waals surface area contributed by atoms with Crippen LogP contribution in [-0.2, 0) is 16.6 Å². The number of H-pyrrole nitrogens is 1. The van der Waals surface area contributed by atoms with Crippen molar-refractivity contribution in [3.05, 3.63) is 45.8 Å². The second kappa shape index (κ2) is 12.2. The van der Waals surface area contributed by atoms with Gasteiger partial charge in [0.05, 0.1) is 16.8 Å². The van der Waals surface area contributed by atoms with Gasteiger partial charge in [-0.2, -0.15) is 0 Å². The van der Waals surface area contributed by atoms with Crippen LogP contribution in [-0.4, -0.2) is 84.5 Å². The van der Waals surface area contributed by atoms with Gasteiger partial charge in [-0.15, -0.1) is 11.3 Å². The van der Waals surface area contributed by atoms with Crippen molar-refractivity contribution in [3.8, 4) is 11.1 Å². The molecule has 3 aliphatic rings. The van der Waals surface area contributed by atoms with E-state index >= 15 is 0 Å². The summed E-state index contributed by atoms with van der Waals surface area (Å²) >= 11 is 1.80. The highest BCUT2D eigenvalue weighted by atomic mass is 32.2. The first-order chi connectivity index (χ1) is 19.8. The number of nitrogens with two attached hydrogens (primary N) is 1. The van der Waals surface area contributed by atoms with Gasteiger partial charge >= 0.3 is 0 Å². The van der Waals surface area contributed by atoms with E-state index in [2.05, 4.69) is 32.3 Å². The summed E-state index contributed by atoms with van der Waals surface area (Å²) in [5, 5.41) is 3.22. The number of likely N-dealkylation sites (tertiary alicyclic amines) is 2. The number of sulfonamides is 1. The number of thiophene rings is 1. The highest BCUT2D eigenvalue weighted by Gasteiger charge is 2.30. The fourth-order valence-electron chi connectivity index (χ4n) is 7.14. The number of carbonyl (C=O) groups excluding carboxylic acids is 1. The minimum atomic E-state index is -3.17. The van der Waals surface area contributed by atoms with E-state index in [1.807, 2.05) is 12.3 Å². The van der Waals surface area contributed by atoms with Crippen molar-refractivity contribution in [1.82, 2.24) is 19.1 Å². The SMILES string of the molecule is CCS(=O)(=O)N1CCC(c2c[nH]c3c(C(N)=O)cc(-c4csc(CN5CCCC5CN5CCCCC5)c4)cc23)CC1. The van der Waals surface area contributed by atoms with E-state index < -0.39 is 15.9 Å². The topological polar surface area (TPSA) is 103 Å². The molecular formula is C31H43N5O3S2. The molecular weight excluding hydrogens is 555 g/mol. The molecule has 0 saturated carbocycles. The van der Waals surface area contributed by atoms with E-state index in [9.17, 15) is 13.2 Å². The Morgan fingerprint density at radius 2 is 1.78 bits per heavy atom. The van der Waals surface area contributed by atoms with Crippen LogP contribution >= 0.6 is 11.3 Å². The van der Waals surface area contributed by atoms with Crippen molar-refractivity contribution in [2.45, 2.75) is 70.4 Å². The maximum atomic E-state index is 12.5. The van der Waals surface area contributed by atoms with Crippen LogP contribution in [0.25, 0.3) is 22.0 Å². The summed E-state index contributed by atoms with van der Waals surface area (Å²) < 4.78 is 26.3. The largest absolute Gasteiger partial charge is 0.366 e. The maximum absolute atomic E-state index is 12.5. The van der Waals surface area contributed by atoms with Crippen LogP contribution in [0.15, 0.2) is 29.8 Å². The number of fused-ring (bicyclic) bond motifs is 1. The molecule has 5 heterocycles. The Morgan fingerprint density at radius 3 is 2.51 bits per heavy atom. The van der Waals surface area contributed by atoms with E-state index in [1.165, 1.54) is 56.6 Å². The molecule has 2 aromatic heterocycles. The average Bonchev–Trinajstić information content (AvgIpc) is 3.74. The molecule has 1 unspecified atom stereocenters. The van der Waals surface area contributed by atoms with Crippen molar-refractivity contribution < 1.29 is 13.2 Å². The van der Waals surface area contributed by atoms with E-state index in [4.69, 9.17) is 5.73 Å². The molecule has 222 valence electrons. The normalized spacial score (nSPS) is 22.1. The molecule has 3 saturated heterocycles. The molecule has 8 nitrogen and oxygen atoms in total. The van der Waals surface area contributed by atoms with Gasteiger partial charge in [0.2, 0.25) is 10.0 Å². The number of aromatic nitrogens is 1. The van der Waals surface area contributed by atoms with Crippen LogP contribution in [0.2, 0.25) is 0 Å². The minimum Gasteiger partial charge on any atom is -0.366 e. The van der Waals surface area contributed by atoms with Gasteiger partial charge in [0.1, 0.15) is 0 Å². The summed E-state index contributed by atoms with van der Waals surface area (Å²) in [6, 6.07) is 7.02. The molecule has 10 heteroatoms. The summed E-state index contributed by atoms with van der Waals surface area (Å²) in [6.45, 7) is 8.57. The van der Waals surface area contributed by atoms with E-state index in [0.29, 0.717) is 24.7 Å². The number of rotatable bonds is 9. The van der Waals surface area contributed by atoms with Crippen LogP contribution < -0.4 is 5.73 Å². The number of nitrogens with one attached hydrogen (secondary N) is 1. The molecule has 0 bridgehead atoms. The fourth-order valence-corrected chi connectivity index (χ4v) is 9.19. The second-order valence-corrected chi connectivity index (χ2v) is 15.3. The number of aromatic amines is 1. The number of carbonyl (C=O) groups is 1. The number of hydrogen-bond donors (Lipinski definition) is 2. The van der Waals surface area contributed by atoms with Crippen molar-refractivity contribution >= 4 is 38.2 Å². The lowest BCUT2D eigenvalue weighted by atomic mass is 9.88. The quantitative estimate of drug-likeness (QED) is 0.363. The standard InChI is InChI=1S/C31H43N5O3S2/c1-2-41(38,39)36-13-8-22(9-14-36)29-18-33-30-27(29)16-23(17-28(30)31(32)37)24-15-26(40-21-24)20-35-12-6-7-25(35)19-34-10-4-3-5-11-34/h15-18,21-22,25,33H,2-14,19-20H2,1H3,(H2,32,37). The molecule has 3 aromatic rings. The zero-order chi connectivity index (χ0) is 28.6. The van der Waals surface area contributed by atoms with Gasteiger partial charge in [0, 0.05) is 48.7 Å². The Kier molecular flexibility index (Phi) is 8.56. The smallest absolute Gasteiger partial charge is 0.250 e. The first kappa shape index (κ1) is 28.9. The number of nitrogens with zero attached hydrogens (tertiary/aromatic N) is 3. The van der Waals surface area contributed by atoms with E-state index in [0.717, 1.165) is 53.5 Å². The zero-order valence-electron chi connectivity index (χ0n) is 24.1. The number of piperidine rings is 2. The van der Waals surface area contributed by atoms with E-state index in [-0.39, 0.29) is 11.7 Å². The van der Waals surface area contributed by atoms with Gasteiger partial charge in [0.15, 0.2) is 0 Å². The van der Waals surface area contributed by atoms with Gasteiger partial charge in [-0.25, -0.2) is 12.7 Å². The lowest BCUT2D eigenvalue weighted by Crippen LogP contribution is -2.42. The van der Waals surface area contributed by atoms with Gasteiger partial charge in [-0.1, -0.05) is 6.42 Å². The number of benzene rings is 1. The van der Waals surface area contributed by atoms with Crippen LogP contribution in [0, 0.1) is 0 Å². The molecule has 0 spiro atoms.